The van der Waals surface area contributed by atoms with Crippen LogP contribution in [0.5, 0.6) is 5.88 Å². The van der Waals surface area contributed by atoms with E-state index in [2.05, 4.69) is 30.4 Å². The number of rotatable bonds is 5. The molecule has 152 valence electrons. The first-order chi connectivity index (χ1) is 13.9. The zero-order valence-corrected chi connectivity index (χ0v) is 16.0. The van der Waals surface area contributed by atoms with E-state index in [4.69, 9.17) is 4.74 Å². The number of hydrogen-bond donors (Lipinski definition) is 4. The van der Waals surface area contributed by atoms with Crippen LogP contribution in [0, 0.1) is 5.92 Å². The molecule has 0 spiro atoms. The Hall–Kier alpha value is -3.63. The SMILES string of the molecule is CC(C)COC(=O)Nc1cc(=NC2CC2)n2nc/c(=C/c3[nH]c(=O)[nH]c3O)c2n1. The van der Waals surface area contributed by atoms with Gasteiger partial charge in [-0.15, -0.1) is 0 Å². The fourth-order valence-electron chi connectivity index (χ4n) is 2.64. The van der Waals surface area contributed by atoms with Crippen LogP contribution in [0.1, 0.15) is 32.4 Å². The van der Waals surface area contributed by atoms with Gasteiger partial charge in [-0.2, -0.15) is 9.61 Å². The highest BCUT2D eigenvalue weighted by Gasteiger charge is 2.20. The van der Waals surface area contributed by atoms with Crippen LogP contribution in [0.25, 0.3) is 11.7 Å². The van der Waals surface area contributed by atoms with Gasteiger partial charge in [0, 0.05) is 11.3 Å². The molecule has 1 aliphatic carbocycles. The number of ether oxygens (including phenoxy) is 1. The molecule has 0 saturated heterocycles. The van der Waals surface area contributed by atoms with Gasteiger partial charge in [0.2, 0.25) is 5.88 Å². The quantitative estimate of drug-likeness (QED) is 0.484. The molecule has 0 aromatic carbocycles. The molecule has 1 saturated carbocycles. The lowest BCUT2D eigenvalue weighted by atomic mass is 10.2. The highest BCUT2D eigenvalue weighted by Crippen LogP contribution is 2.22. The minimum atomic E-state index is -0.606. The number of anilines is 1. The number of nitrogens with one attached hydrogen (secondary N) is 3. The highest BCUT2D eigenvalue weighted by molar-refractivity contribution is 5.83. The molecule has 0 radical (unpaired) electrons. The number of aromatic hydroxyl groups is 1. The summed E-state index contributed by atoms with van der Waals surface area (Å²) >= 11 is 0. The molecule has 1 aliphatic rings. The van der Waals surface area contributed by atoms with Crippen LogP contribution in [-0.2, 0) is 4.74 Å². The van der Waals surface area contributed by atoms with Gasteiger partial charge in [0.25, 0.3) is 0 Å². The van der Waals surface area contributed by atoms with Crippen molar-refractivity contribution in [3.05, 3.63) is 39.1 Å². The van der Waals surface area contributed by atoms with E-state index in [1.807, 2.05) is 13.8 Å². The second-order valence-corrected chi connectivity index (χ2v) is 7.30. The minimum absolute atomic E-state index is 0.196. The lowest BCUT2D eigenvalue weighted by molar-refractivity contribution is 0.147. The monoisotopic (exact) mass is 399 g/mol. The number of imidazole rings is 1. The van der Waals surface area contributed by atoms with E-state index >= 15 is 0 Å². The molecule has 0 atom stereocenters. The van der Waals surface area contributed by atoms with Gasteiger partial charge in [0.1, 0.15) is 11.5 Å². The third kappa shape index (κ3) is 4.28. The van der Waals surface area contributed by atoms with Crippen molar-refractivity contribution in [3.8, 4) is 5.88 Å². The van der Waals surface area contributed by atoms with Crippen molar-refractivity contribution in [2.45, 2.75) is 32.7 Å². The summed E-state index contributed by atoms with van der Waals surface area (Å²) in [5.74, 6) is 0.195. The summed E-state index contributed by atoms with van der Waals surface area (Å²) in [5, 5.41) is 17.3. The Morgan fingerprint density at radius 3 is 2.93 bits per heavy atom. The number of nitrogens with zero attached hydrogens (tertiary/aromatic N) is 4. The summed E-state index contributed by atoms with van der Waals surface area (Å²) in [4.78, 5) is 37.2. The van der Waals surface area contributed by atoms with Crippen molar-refractivity contribution in [2.24, 2.45) is 10.9 Å². The highest BCUT2D eigenvalue weighted by atomic mass is 16.5. The van der Waals surface area contributed by atoms with Crippen LogP contribution in [0.4, 0.5) is 10.6 Å². The van der Waals surface area contributed by atoms with Crippen LogP contribution < -0.4 is 21.7 Å². The number of hydrogen-bond acceptors (Lipinski definition) is 7. The number of carbonyl (C=O) groups excluding carboxylic acids is 1. The maximum Gasteiger partial charge on any atom is 0.412 e. The molecule has 3 heterocycles. The molecule has 0 bridgehead atoms. The summed E-state index contributed by atoms with van der Waals surface area (Å²) in [6, 6.07) is 1.86. The van der Waals surface area contributed by atoms with Crippen LogP contribution in [-0.4, -0.2) is 48.4 Å². The topological polar surface area (TPSA) is 150 Å². The molecular weight excluding hydrogens is 378 g/mol. The molecule has 3 aromatic rings. The number of aromatic amines is 2. The fraction of sp³-hybridized carbons (Fsp3) is 0.389. The van der Waals surface area contributed by atoms with Crippen molar-refractivity contribution < 1.29 is 14.6 Å². The third-order valence-corrected chi connectivity index (χ3v) is 4.15. The first-order valence-corrected chi connectivity index (χ1v) is 9.28. The second kappa shape index (κ2) is 7.41. The largest absolute Gasteiger partial charge is 0.493 e. The molecule has 4 N–H and O–H groups in total. The first kappa shape index (κ1) is 18.7. The summed E-state index contributed by atoms with van der Waals surface area (Å²) in [6.45, 7) is 4.18. The van der Waals surface area contributed by atoms with Gasteiger partial charge < -0.3 is 14.8 Å². The van der Waals surface area contributed by atoms with Crippen LogP contribution >= 0.6 is 0 Å². The molecule has 11 heteroatoms. The molecular formula is C18H21N7O4. The molecule has 1 fully saturated rings. The van der Waals surface area contributed by atoms with E-state index in [0.717, 1.165) is 12.8 Å². The normalized spacial score (nSPS) is 15.4. The van der Waals surface area contributed by atoms with Crippen LogP contribution in [0.15, 0.2) is 22.1 Å². The zero-order valence-electron chi connectivity index (χ0n) is 16.0. The van der Waals surface area contributed by atoms with Gasteiger partial charge >= 0.3 is 11.8 Å². The molecule has 4 rings (SSSR count). The summed E-state index contributed by atoms with van der Waals surface area (Å²) in [5.41, 5.74) is 0.621. The van der Waals surface area contributed by atoms with Crippen molar-refractivity contribution >= 4 is 23.6 Å². The lowest BCUT2D eigenvalue weighted by Gasteiger charge is -2.08. The van der Waals surface area contributed by atoms with E-state index in [9.17, 15) is 14.7 Å². The minimum Gasteiger partial charge on any atom is -0.493 e. The fourth-order valence-corrected chi connectivity index (χ4v) is 2.64. The van der Waals surface area contributed by atoms with E-state index in [-0.39, 0.29) is 29.4 Å². The summed E-state index contributed by atoms with van der Waals surface area (Å²) in [7, 11) is 0. The molecule has 0 unspecified atom stereocenters. The van der Waals surface area contributed by atoms with E-state index in [1.165, 1.54) is 6.08 Å². The number of carbonyl (C=O) groups is 1. The summed E-state index contributed by atoms with van der Waals surface area (Å²) < 4.78 is 6.70. The van der Waals surface area contributed by atoms with Gasteiger partial charge in [-0.05, 0) is 24.8 Å². The van der Waals surface area contributed by atoms with Crippen LogP contribution in [0.2, 0.25) is 0 Å². The number of H-pyrrole nitrogens is 2. The Bertz CT molecular complexity index is 1230. The van der Waals surface area contributed by atoms with Gasteiger partial charge in [-0.25, -0.2) is 14.6 Å². The molecule has 29 heavy (non-hydrogen) atoms. The third-order valence-electron chi connectivity index (χ3n) is 4.15. The summed E-state index contributed by atoms with van der Waals surface area (Å²) in [6.07, 6.45) is 4.47. The van der Waals surface area contributed by atoms with Crippen molar-refractivity contribution in [1.82, 2.24) is 24.6 Å². The van der Waals surface area contributed by atoms with Gasteiger partial charge in [0.05, 0.1) is 18.8 Å². The van der Waals surface area contributed by atoms with Crippen molar-refractivity contribution in [3.63, 3.8) is 0 Å². The number of amides is 1. The second-order valence-electron chi connectivity index (χ2n) is 7.30. The predicted molar refractivity (Wildman–Crippen MR) is 103 cm³/mol. The van der Waals surface area contributed by atoms with Gasteiger partial charge in [-0.3, -0.25) is 15.3 Å². The van der Waals surface area contributed by atoms with Gasteiger partial charge in [-0.1, -0.05) is 13.8 Å². The maximum atomic E-state index is 12.0. The van der Waals surface area contributed by atoms with Crippen LogP contribution in [0.3, 0.4) is 0 Å². The average Bonchev–Trinajstić information content (AvgIpc) is 3.29. The Morgan fingerprint density at radius 1 is 1.48 bits per heavy atom. The molecule has 11 nitrogen and oxygen atoms in total. The maximum absolute atomic E-state index is 12.0. The molecule has 1 amide bonds. The number of aromatic nitrogens is 5. The van der Waals surface area contributed by atoms with E-state index < -0.39 is 11.8 Å². The number of fused-ring (bicyclic) bond motifs is 1. The zero-order chi connectivity index (χ0) is 20.5. The first-order valence-electron chi connectivity index (χ1n) is 9.28. The van der Waals surface area contributed by atoms with Crippen molar-refractivity contribution in [2.75, 3.05) is 11.9 Å². The van der Waals surface area contributed by atoms with Crippen molar-refractivity contribution in [1.29, 1.82) is 0 Å². The van der Waals surface area contributed by atoms with E-state index in [0.29, 0.717) is 23.0 Å². The molecule has 3 aromatic heterocycles. The average molecular weight is 399 g/mol. The Labute approximate surface area is 164 Å². The molecule has 0 aliphatic heterocycles. The lowest BCUT2D eigenvalue weighted by Crippen LogP contribution is -2.23. The van der Waals surface area contributed by atoms with E-state index in [1.54, 1.807) is 16.8 Å². The smallest absolute Gasteiger partial charge is 0.412 e. The standard InChI is InChI=1S/C18H21N7O4/c1-9(2)8-29-18(28)23-13-6-14(20-11-3-4-11)25-15(22-13)10(7-19-25)5-12-16(26)24-17(27)21-12/h5-7,9,11,26H,3-4,8H2,1-2H3,(H,23,28)(H2,21,24,27)/b10-5-,20-14?. The Morgan fingerprint density at radius 2 is 2.28 bits per heavy atom. The Balaban J connectivity index is 1.78. The Kier molecular flexibility index (Phi) is 4.79. The predicted octanol–water partition coefficient (Wildman–Crippen LogP) is 0.267. The van der Waals surface area contributed by atoms with Gasteiger partial charge in [0.15, 0.2) is 11.1 Å².